The summed E-state index contributed by atoms with van der Waals surface area (Å²) in [6, 6.07) is 6.29. The maximum Gasteiger partial charge on any atom is 0.387 e. The summed E-state index contributed by atoms with van der Waals surface area (Å²) in [5.41, 5.74) is 0.448. The number of amides is 1. The van der Waals surface area contributed by atoms with E-state index in [2.05, 4.69) is 15.4 Å². The van der Waals surface area contributed by atoms with Crippen molar-refractivity contribution in [1.82, 2.24) is 10.6 Å². The third-order valence-corrected chi connectivity index (χ3v) is 2.41. The van der Waals surface area contributed by atoms with Gasteiger partial charge in [0.1, 0.15) is 5.75 Å². The van der Waals surface area contributed by atoms with Crippen molar-refractivity contribution in [3.05, 3.63) is 29.8 Å². The zero-order valence-electron chi connectivity index (χ0n) is 10.8. The fourth-order valence-corrected chi connectivity index (χ4v) is 1.56. The molecule has 1 aromatic carbocycles. The number of para-hydroxylation sites is 1. The van der Waals surface area contributed by atoms with Crippen LogP contribution in [0.25, 0.3) is 0 Å². The van der Waals surface area contributed by atoms with Crippen LogP contribution in [0, 0.1) is 0 Å². The van der Waals surface area contributed by atoms with E-state index in [0.717, 1.165) is 6.54 Å². The molecule has 1 rings (SSSR count). The van der Waals surface area contributed by atoms with Crippen molar-refractivity contribution in [2.75, 3.05) is 19.6 Å². The third-order valence-electron chi connectivity index (χ3n) is 2.41. The molecule has 0 saturated heterocycles. The van der Waals surface area contributed by atoms with Gasteiger partial charge in [-0.15, -0.1) is 0 Å². The van der Waals surface area contributed by atoms with Crippen LogP contribution < -0.4 is 15.4 Å². The molecule has 0 bridgehead atoms. The number of rotatable bonds is 8. The van der Waals surface area contributed by atoms with E-state index in [1.54, 1.807) is 18.2 Å². The zero-order valence-corrected chi connectivity index (χ0v) is 10.8. The van der Waals surface area contributed by atoms with Crippen LogP contribution in [0.1, 0.15) is 12.5 Å². The second kappa shape index (κ2) is 8.42. The highest BCUT2D eigenvalue weighted by molar-refractivity contribution is 5.79. The fourth-order valence-electron chi connectivity index (χ4n) is 1.56. The highest BCUT2D eigenvalue weighted by atomic mass is 19.3. The summed E-state index contributed by atoms with van der Waals surface area (Å²) >= 11 is 0. The molecule has 6 heteroatoms. The van der Waals surface area contributed by atoms with E-state index in [9.17, 15) is 13.6 Å². The van der Waals surface area contributed by atoms with Crippen LogP contribution in [-0.4, -0.2) is 32.2 Å². The Labute approximate surface area is 111 Å². The molecule has 0 unspecified atom stereocenters. The second-order valence-corrected chi connectivity index (χ2v) is 3.87. The Balaban J connectivity index is 2.49. The highest BCUT2D eigenvalue weighted by Gasteiger charge is 2.11. The largest absolute Gasteiger partial charge is 0.435 e. The summed E-state index contributed by atoms with van der Waals surface area (Å²) in [6.07, 6.45) is 0.0228. The van der Waals surface area contributed by atoms with Crippen molar-refractivity contribution in [2.45, 2.75) is 20.0 Å². The van der Waals surface area contributed by atoms with Crippen molar-refractivity contribution >= 4 is 5.91 Å². The molecule has 0 saturated carbocycles. The Kier molecular flexibility index (Phi) is 6.81. The Morgan fingerprint density at radius 2 is 2.05 bits per heavy atom. The quantitative estimate of drug-likeness (QED) is 0.706. The number of benzene rings is 1. The first-order valence-corrected chi connectivity index (χ1v) is 6.13. The maximum atomic E-state index is 12.2. The Morgan fingerprint density at radius 1 is 1.32 bits per heavy atom. The normalized spacial score (nSPS) is 10.5. The van der Waals surface area contributed by atoms with E-state index < -0.39 is 6.61 Å². The molecule has 0 atom stereocenters. The minimum absolute atomic E-state index is 0.0228. The molecule has 0 aliphatic heterocycles. The van der Waals surface area contributed by atoms with Crippen molar-refractivity contribution < 1.29 is 18.3 Å². The molecule has 0 heterocycles. The average molecular weight is 272 g/mol. The van der Waals surface area contributed by atoms with Crippen LogP contribution in [0.4, 0.5) is 8.78 Å². The van der Waals surface area contributed by atoms with Crippen molar-refractivity contribution in [2.24, 2.45) is 0 Å². The van der Waals surface area contributed by atoms with Crippen molar-refractivity contribution in [3.63, 3.8) is 0 Å². The monoisotopic (exact) mass is 272 g/mol. The number of likely N-dealkylation sites (N-methyl/N-ethyl adjacent to an activating group) is 1. The first-order valence-electron chi connectivity index (χ1n) is 6.13. The molecule has 19 heavy (non-hydrogen) atoms. The summed E-state index contributed by atoms with van der Waals surface area (Å²) in [5, 5.41) is 5.77. The number of carbonyl (C=O) groups is 1. The molecule has 0 fully saturated rings. The maximum absolute atomic E-state index is 12.2. The van der Waals surface area contributed by atoms with E-state index in [4.69, 9.17) is 0 Å². The van der Waals surface area contributed by atoms with E-state index >= 15 is 0 Å². The summed E-state index contributed by atoms with van der Waals surface area (Å²) < 4.78 is 28.8. The van der Waals surface area contributed by atoms with Gasteiger partial charge in [-0.3, -0.25) is 4.79 Å². The van der Waals surface area contributed by atoms with Gasteiger partial charge in [0.05, 0.1) is 6.42 Å². The smallest absolute Gasteiger partial charge is 0.387 e. The summed E-state index contributed by atoms with van der Waals surface area (Å²) in [4.78, 5) is 11.6. The molecule has 0 radical (unpaired) electrons. The Hall–Kier alpha value is -1.69. The standard InChI is InChI=1S/C13H18F2N2O2/c1-2-16-7-8-17-12(18)9-10-5-3-4-6-11(10)19-13(14)15/h3-6,13,16H,2,7-9H2,1H3,(H,17,18). The van der Waals surface area contributed by atoms with Crippen LogP contribution in [0.2, 0.25) is 0 Å². The molecule has 1 amide bonds. The van der Waals surface area contributed by atoms with Crippen LogP contribution in [0.15, 0.2) is 24.3 Å². The van der Waals surface area contributed by atoms with Crippen LogP contribution in [-0.2, 0) is 11.2 Å². The van der Waals surface area contributed by atoms with Gasteiger partial charge in [0.2, 0.25) is 5.91 Å². The minimum Gasteiger partial charge on any atom is -0.435 e. The molecule has 0 aliphatic carbocycles. The lowest BCUT2D eigenvalue weighted by Crippen LogP contribution is -2.32. The lowest BCUT2D eigenvalue weighted by Gasteiger charge is -2.10. The first kappa shape index (κ1) is 15.4. The lowest BCUT2D eigenvalue weighted by atomic mass is 10.1. The zero-order chi connectivity index (χ0) is 14.1. The second-order valence-electron chi connectivity index (χ2n) is 3.87. The number of alkyl halides is 2. The van der Waals surface area contributed by atoms with Gasteiger partial charge >= 0.3 is 6.61 Å². The predicted molar refractivity (Wildman–Crippen MR) is 68.3 cm³/mol. The number of hydrogen-bond acceptors (Lipinski definition) is 3. The number of nitrogens with one attached hydrogen (secondary N) is 2. The third kappa shape index (κ3) is 6.15. The summed E-state index contributed by atoms with van der Waals surface area (Å²) in [6.45, 7) is 1.10. The Morgan fingerprint density at radius 3 is 2.74 bits per heavy atom. The number of ether oxygens (including phenoxy) is 1. The van der Waals surface area contributed by atoms with Crippen molar-refractivity contribution in [3.8, 4) is 5.75 Å². The van der Waals surface area contributed by atoms with E-state index in [0.29, 0.717) is 18.7 Å². The minimum atomic E-state index is -2.89. The van der Waals surface area contributed by atoms with Crippen LogP contribution >= 0.6 is 0 Å². The molecule has 0 aromatic heterocycles. The number of halogens is 2. The molecule has 2 N–H and O–H groups in total. The highest BCUT2D eigenvalue weighted by Crippen LogP contribution is 2.20. The fraction of sp³-hybridized carbons (Fsp3) is 0.462. The van der Waals surface area contributed by atoms with Gasteiger partial charge in [-0.25, -0.2) is 0 Å². The van der Waals surface area contributed by atoms with Crippen LogP contribution in [0.3, 0.4) is 0 Å². The van der Waals surface area contributed by atoms with Gasteiger partial charge in [0, 0.05) is 18.7 Å². The summed E-state index contributed by atoms with van der Waals surface area (Å²) in [7, 11) is 0. The molecule has 0 aliphatic rings. The molecule has 1 aromatic rings. The molecule has 106 valence electrons. The van der Waals surface area contributed by atoms with E-state index in [1.165, 1.54) is 6.07 Å². The molecular weight excluding hydrogens is 254 g/mol. The average Bonchev–Trinajstić information content (AvgIpc) is 2.36. The molecule has 0 spiro atoms. The lowest BCUT2D eigenvalue weighted by molar-refractivity contribution is -0.120. The van der Waals surface area contributed by atoms with Gasteiger partial charge in [-0.1, -0.05) is 25.1 Å². The first-order chi connectivity index (χ1) is 9.13. The Bertz CT molecular complexity index is 400. The van der Waals surface area contributed by atoms with E-state index in [1.807, 2.05) is 6.92 Å². The molecule has 4 nitrogen and oxygen atoms in total. The van der Waals surface area contributed by atoms with Gasteiger partial charge < -0.3 is 15.4 Å². The van der Waals surface area contributed by atoms with Gasteiger partial charge in [-0.2, -0.15) is 8.78 Å². The number of carbonyl (C=O) groups excluding carboxylic acids is 1. The molecular formula is C13H18F2N2O2. The number of hydrogen-bond donors (Lipinski definition) is 2. The van der Waals surface area contributed by atoms with Gasteiger partial charge in [0.15, 0.2) is 0 Å². The predicted octanol–water partition coefficient (Wildman–Crippen LogP) is 1.56. The van der Waals surface area contributed by atoms with Crippen molar-refractivity contribution in [1.29, 1.82) is 0 Å². The van der Waals surface area contributed by atoms with E-state index in [-0.39, 0.29) is 18.1 Å². The SMILES string of the molecule is CCNCCNC(=O)Cc1ccccc1OC(F)F. The van der Waals surface area contributed by atoms with Gasteiger partial charge in [0.25, 0.3) is 0 Å². The summed E-state index contributed by atoms with van der Waals surface area (Å²) in [5.74, 6) is -0.178. The van der Waals surface area contributed by atoms with Gasteiger partial charge in [-0.05, 0) is 12.6 Å². The topological polar surface area (TPSA) is 50.4 Å². The van der Waals surface area contributed by atoms with Crippen LogP contribution in [0.5, 0.6) is 5.75 Å².